The molecule has 0 spiro atoms. The molecule has 14 heavy (non-hydrogen) atoms. The Balaban J connectivity index is 2.20. The summed E-state index contributed by atoms with van der Waals surface area (Å²) in [5.74, 6) is 0. The Morgan fingerprint density at radius 2 is 1.36 bits per heavy atom. The highest BCUT2D eigenvalue weighted by Gasteiger charge is 2.51. The van der Waals surface area contributed by atoms with Crippen LogP contribution in [0.1, 0.15) is 57.8 Å². The molecule has 2 aliphatic carbocycles. The average molecular weight is 198 g/mol. The molecule has 2 rings (SSSR count). The van der Waals surface area contributed by atoms with Gasteiger partial charge in [-0.25, -0.2) is 0 Å². The Kier molecular flexibility index (Phi) is 2.85. The van der Waals surface area contributed by atoms with Crippen LogP contribution in [-0.4, -0.2) is 22.4 Å². The second-order valence-electron chi connectivity index (χ2n) is 5.20. The van der Waals surface area contributed by atoms with Crippen LogP contribution < -0.4 is 0 Å². The first-order valence-corrected chi connectivity index (χ1v) is 6.06. The molecule has 2 aliphatic rings. The van der Waals surface area contributed by atoms with Crippen LogP contribution in [0.4, 0.5) is 0 Å². The lowest BCUT2D eigenvalue weighted by Gasteiger charge is -2.54. The molecule has 0 aromatic heterocycles. The molecule has 0 aromatic rings. The molecule has 2 N–H and O–H groups in total. The van der Waals surface area contributed by atoms with Crippen molar-refractivity contribution in [3.63, 3.8) is 0 Å². The topological polar surface area (TPSA) is 40.5 Å². The summed E-state index contributed by atoms with van der Waals surface area (Å²) in [7, 11) is 0. The Bertz CT molecular complexity index is 183. The van der Waals surface area contributed by atoms with E-state index in [1.165, 1.54) is 25.7 Å². The van der Waals surface area contributed by atoms with Crippen molar-refractivity contribution in [3.8, 4) is 0 Å². The molecule has 2 nitrogen and oxygen atoms in total. The van der Waals surface area contributed by atoms with E-state index in [9.17, 15) is 5.11 Å². The molecule has 0 aliphatic heterocycles. The maximum absolute atomic E-state index is 10.7. The summed E-state index contributed by atoms with van der Waals surface area (Å²) in [4.78, 5) is 0. The molecule has 82 valence electrons. The minimum absolute atomic E-state index is 0.0677. The summed E-state index contributed by atoms with van der Waals surface area (Å²) in [6.45, 7) is 0.238. The number of hydrogen-bond acceptors (Lipinski definition) is 2. The number of aliphatic hydroxyl groups excluding tert-OH is 1. The van der Waals surface area contributed by atoms with Crippen molar-refractivity contribution in [2.24, 2.45) is 5.41 Å². The Labute approximate surface area is 86.3 Å². The average Bonchev–Trinajstić information content (AvgIpc) is 2.18. The maximum atomic E-state index is 10.7. The Hall–Kier alpha value is -0.0800. The van der Waals surface area contributed by atoms with Gasteiger partial charge < -0.3 is 10.2 Å². The van der Waals surface area contributed by atoms with Gasteiger partial charge in [-0.2, -0.15) is 0 Å². The van der Waals surface area contributed by atoms with Gasteiger partial charge >= 0.3 is 0 Å². The molecule has 2 saturated carbocycles. The molecular weight excluding hydrogens is 176 g/mol. The zero-order chi connectivity index (χ0) is 10.1. The summed E-state index contributed by atoms with van der Waals surface area (Å²) in [6.07, 6.45) is 9.82. The highest BCUT2D eigenvalue weighted by Crippen LogP contribution is 2.54. The van der Waals surface area contributed by atoms with Crippen LogP contribution in [0, 0.1) is 5.41 Å². The summed E-state index contributed by atoms with van der Waals surface area (Å²) in [5, 5.41) is 19.8. The SMILES string of the molecule is OCCC12CCCCC1(O)CCCC2. The second-order valence-corrected chi connectivity index (χ2v) is 5.20. The standard InChI is InChI=1S/C12H22O2/c13-10-9-11-5-1-3-7-12(11,14)8-4-2-6-11/h13-14H,1-10H2. The first kappa shape index (κ1) is 10.4. The van der Waals surface area contributed by atoms with Gasteiger partial charge in [0.25, 0.3) is 0 Å². The lowest BCUT2D eigenvalue weighted by Crippen LogP contribution is -2.53. The molecule has 0 amide bonds. The summed E-state index contributed by atoms with van der Waals surface area (Å²) < 4.78 is 0. The number of rotatable bonds is 2. The van der Waals surface area contributed by atoms with E-state index in [2.05, 4.69) is 0 Å². The molecule has 0 atom stereocenters. The van der Waals surface area contributed by atoms with Gasteiger partial charge in [-0.05, 0) is 32.1 Å². The highest BCUT2D eigenvalue weighted by atomic mass is 16.3. The van der Waals surface area contributed by atoms with Gasteiger partial charge in [0.15, 0.2) is 0 Å². The fourth-order valence-corrected chi connectivity index (χ4v) is 3.70. The van der Waals surface area contributed by atoms with Crippen molar-refractivity contribution in [2.75, 3.05) is 6.61 Å². The van der Waals surface area contributed by atoms with Crippen molar-refractivity contribution in [3.05, 3.63) is 0 Å². The lowest BCUT2D eigenvalue weighted by molar-refractivity contribution is -0.149. The monoisotopic (exact) mass is 198 g/mol. The Morgan fingerprint density at radius 3 is 1.86 bits per heavy atom. The van der Waals surface area contributed by atoms with Gasteiger partial charge in [0.1, 0.15) is 0 Å². The van der Waals surface area contributed by atoms with E-state index in [4.69, 9.17) is 5.11 Å². The van der Waals surface area contributed by atoms with Gasteiger partial charge in [-0.1, -0.05) is 25.7 Å². The highest BCUT2D eigenvalue weighted by molar-refractivity contribution is 5.03. The maximum Gasteiger partial charge on any atom is 0.0704 e. The summed E-state index contributed by atoms with van der Waals surface area (Å²) >= 11 is 0. The van der Waals surface area contributed by atoms with E-state index < -0.39 is 5.60 Å². The molecule has 0 radical (unpaired) electrons. The van der Waals surface area contributed by atoms with E-state index in [-0.39, 0.29) is 12.0 Å². The number of fused-ring (bicyclic) bond motifs is 1. The molecule has 0 aromatic carbocycles. The smallest absolute Gasteiger partial charge is 0.0704 e. The molecule has 0 unspecified atom stereocenters. The lowest BCUT2D eigenvalue weighted by atomic mass is 9.55. The quantitative estimate of drug-likeness (QED) is 0.714. The largest absolute Gasteiger partial charge is 0.396 e. The van der Waals surface area contributed by atoms with Crippen LogP contribution in [0.2, 0.25) is 0 Å². The molecule has 0 heterocycles. The third kappa shape index (κ3) is 1.49. The van der Waals surface area contributed by atoms with Crippen molar-refractivity contribution >= 4 is 0 Å². The van der Waals surface area contributed by atoms with Crippen LogP contribution in [0.15, 0.2) is 0 Å². The van der Waals surface area contributed by atoms with Crippen LogP contribution in [-0.2, 0) is 0 Å². The first-order valence-electron chi connectivity index (χ1n) is 6.06. The third-order valence-corrected chi connectivity index (χ3v) is 4.57. The number of hydrogen-bond donors (Lipinski definition) is 2. The fraction of sp³-hybridized carbons (Fsp3) is 1.00. The van der Waals surface area contributed by atoms with E-state index in [1.54, 1.807) is 0 Å². The minimum Gasteiger partial charge on any atom is -0.396 e. The Morgan fingerprint density at radius 1 is 0.857 bits per heavy atom. The van der Waals surface area contributed by atoms with Gasteiger partial charge in [-0.3, -0.25) is 0 Å². The van der Waals surface area contributed by atoms with Crippen molar-refractivity contribution in [1.29, 1.82) is 0 Å². The van der Waals surface area contributed by atoms with E-state index >= 15 is 0 Å². The van der Waals surface area contributed by atoms with Crippen LogP contribution in [0.25, 0.3) is 0 Å². The zero-order valence-electron chi connectivity index (χ0n) is 8.97. The first-order chi connectivity index (χ1) is 6.72. The number of aliphatic hydroxyl groups is 2. The summed E-state index contributed by atoms with van der Waals surface area (Å²) in [5.41, 5.74) is -0.371. The van der Waals surface area contributed by atoms with Crippen LogP contribution in [0.3, 0.4) is 0 Å². The summed E-state index contributed by atoms with van der Waals surface area (Å²) in [6, 6.07) is 0. The predicted octanol–water partition coefficient (Wildman–Crippen LogP) is 2.23. The van der Waals surface area contributed by atoms with Crippen LogP contribution >= 0.6 is 0 Å². The fourth-order valence-electron chi connectivity index (χ4n) is 3.70. The van der Waals surface area contributed by atoms with Gasteiger partial charge in [0, 0.05) is 12.0 Å². The molecule has 0 bridgehead atoms. The molecular formula is C12H22O2. The second kappa shape index (κ2) is 3.82. The van der Waals surface area contributed by atoms with E-state index in [1.807, 2.05) is 0 Å². The van der Waals surface area contributed by atoms with Crippen molar-refractivity contribution in [1.82, 2.24) is 0 Å². The third-order valence-electron chi connectivity index (χ3n) is 4.57. The van der Waals surface area contributed by atoms with Crippen molar-refractivity contribution in [2.45, 2.75) is 63.4 Å². The van der Waals surface area contributed by atoms with E-state index in [0.717, 1.165) is 32.1 Å². The minimum atomic E-state index is -0.438. The van der Waals surface area contributed by atoms with Gasteiger partial charge in [0.2, 0.25) is 0 Å². The van der Waals surface area contributed by atoms with Crippen LogP contribution in [0.5, 0.6) is 0 Å². The molecule has 0 saturated heterocycles. The normalized spacial score (nSPS) is 43.3. The van der Waals surface area contributed by atoms with Gasteiger partial charge in [-0.15, -0.1) is 0 Å². The molecule has 2 fully saturated rings. The van der Waals surface area contributed by atoms with Crippen molar-refractivity contribution < 1.29 is 10.2 Å². The molecule has 2 heteroatoms. The predicted molar refractivity (Wildman–Crippen MR) is 56.0 cm³/mol. The van der Waals surface area contributed by atoms with E-state index in [0.29, 0.717) is 0 Å². The zero-order valence-corrected chi connectivity index (χ0v) is 8.97. The van der Waals surface area contributed by atoms with Gasteiger partial charge in [0.05, 0.1) is 5.60 Å².